The highest BCUT2D eigenvalue weighted by molar-refractivity contribution is 6.36. The second-order valence-corrected chi connectivity index (χ2v) is 9.69. The maximum atomic E-state index is 13.2. The standard InChI is InChI=1S/C27H24Cl2N2O8/c1-13(12-31(2)3)39-27(38)17-6-4-14(16-7-5-15(28)9-21(16)29)8-22(17)30-24(33)18-11-23(32)20(26(36)37)10-19(18)25(34)35/h4-11,13,32H,12H2,1-3H3,(H,30,33)(H,34,35)(H,36,37). The maximum absolute atomic E-state index is 13.2. The Kier molecular flexibility index (Phi) is 9.18. The molecule has 0 aromatic heterocycles. The molecule has 204 valence electrons. The summed E-state index contributed by atoms with van der Waals surface area (Å²) in [4.78, 5) is 51.2. The normalized spacial score (nSPS) is 11.6. The highest BCUT2D eigenvalue weighted by Gasteiger charge is 2.25. The van der Waals surface area contributed by atoms with Crippen molar-refractivity contribution in [1.82, 2.24) is 4.90 Å². The lowest BCUT2D eigenvalue weighted by Crippen LogP contribution is -2.28. The number of aromatic hydroxyl groups is 1. The smallest absolute Gasteiger partial charge is 0.340 e. The van der Waals surface area contributed by atoms with Crippen molar-refractivity contribution in [2.24, 2.45) is 0 Å². The van der Waals surface area contributed by atoms with Gasteiger partial charge < -0.3 is 30.3 Å². The molecule has 39 heavy (non-hydrogen) atoms. The van der Waals surface area contributed by atoms with Crippen LogP contribution in [-0.2, 0) is 4.74 Å². The third-order valence-electron chi connectivity index (χ3n) is 5.50. The molecule has 10 nitrogen and oxygen atoms in total. The van der Waals surface area contributed by atoms with Crippen molar-refractivity contribution in [2.45, 2.75) is 13.0 Å². The van der Waals surface area contributed by atoms with E-state index in [0.29, 0.717) is 33.8 Å². The number of nitrogens with zero attached hydrogens (tertiary/aromatic N) is 1. The van der Waals surface area contributed by atoms with Crippen LogP contribution in [0.25, 0.3) is 11.1 Å². The van der Waals surface area contributed by atoms with Gasteiger partial charge in [0.15, 0.2) is 0 Å². The molecule has 0 saturated carbocycles. The van der Waals surface area contributed by atoms with Crippen molar-refractivity contribution in [3.05, 3.63) is 80.8 Å². The van der Waals surface area contributed by atoms with Gasteiger partial charge in [-0.15, -0.1) is 0 Å². The number of amides is 1. The number of anilines is 1. The van der Waals surface area contributed by atoms with Gasteiger partial charge in [0, 0.05) is 22.2 Å². The minimum atomic E-state index is -1.60. The van der Waals surface area contributed by atoms with Gasteiger partial charge >= 0.3 is 17.9 Å². The molecule has 0 aliphatic heterocycles. The van der Waals surface area contributed by atoms with E-state index in [1.54, 1.807) is 25.1 Å². The summed E-state index contributed by atoms with van der Waals surface area (Å²) in [6.45, 7) is 2.13. The van der Waals surface area contributed by atoms with Crippen LogP contribution in [0.2, 0.25) is 10.0 Å². The Morgan fingerprint density at radius 2 is 1.56 bits per heavy atom. The van der Waals surface area contributed by atoms with Crippen LogP contribution in [0.4, 0.5) is 5.69 Å². The van der Waals surface area contributed by atoms with Gasteiger partial charge in [0.1, 0.15) is 17.4 Å². The van der Waals surface area contributed by atoms with Gasteiger partial charge in [-0.1, -0.05) is 35.3 Å². The molecule has 0 bridgehead atoms. The molecule has 3 aromatic carbocycles. The Morgan fingerprint density at radius 1 is 0.897 bits per heavy atom. The summed E-state index contributed by atoms with van der Waals surface area (Å²) in [5.41, 5.74) is -0.930. The van der Waals surface area contributed by atoms with Crippen LogP contribution in [0.1, 0.15) is 48.4 Å². The molecule has 3 aromatic rings. The van der Waals surface area contributed by atoms with E-state index in [1.165, 1.54) is 18.2 Å². The number of aromatic carboxylic acids is 2. The number of nitrogens with one attached hydrogen (secondary N) is 1. The number of halogens is 2. The van der Waals surface area contributed by atoms with Crippen molar-refractivity contribution >= 4 is 52.7 Å². The molecular formula is C27H24Cl2N2O8. The SMILES string of the molecule is CC(CN(C)C)OC(=O)c1ccc(-c2ccc(Cl)cc2Cl)cc1NC(=O)c1cc(O)c(C(=O)O)cc1C(=O)O. The summed E-state index contributed by atoms with van der Waals surface area (Å²) in [5.74, 6) is -5.75. The van der Waals surface area contributed by atoms with Gasteiger partial charge in [-0.3, -0.25) is 4.79 Å². The average molecular weight is 575 g/mol. The van der Waals surface area contributed by atoms with E-state index < -0.39 is 52.4 Å². The van der Waals surface area contributed by atoms with Gasteiger partial charge in [0.25, 0.3) is 5.91 Å². The lowest BCUT2D eigenvalue weighted by molar-refractivity contribution is 0.0290. The molecule has 1 atom stereocenters. The zero-order chi connectivity index (χ0) is 29.0. The molecule has 1 amide bonds. The van der Waals surface area contributed by atoms with E-state index in [0.717, 1.165) is 6.07 Å². The minimum absolute atomic E-state index is 0.0361. The second-order valence-electron chi connectivity index (χ2n) is 8.84. The predicted molar refractivity (Wildman–Crippen MR) is 145 cm³/mol. The van der Waals surface area contributed by atoms with Crippen LogP contribution in [0.3, 0.4) is 0 Å². The summed E-state index contributed by atoms with van der Waals surface area (Å²) in [5, 5.41) is 32.1. The average Bonchev–Trinajstić information content (AvgIpc) is 2.82. The van der Waals surface area contributed by atoms with E-state index in [9.17, 15) is 34.5 Å². The number of benzene rings is 3. The fourth-order valence-electron chi connectivity index (χ4n) is 3.83. The lowest BCUT2D eigenvalue weighted by Gasteiger charge is -2.19. The zero-order valence-electron chi connectivity index (χ0n) is 21.0. The molecule has 0 saturated heterocycles. The first-order chi connectivity index (χ1) is 18.3. The largest absolute Gasteiger partial charge is 0.507 e. The highest BCUT2D eigenvalue weighted by atomic mass is 35.5. The van der Waals surface area contributed by atoms with E-state index in [-0.39, 0.29) is 11.3 Å². The molecule has 3 rings (SSSR count). The van der Waals surface area contributed by atoms with Crippen molar-refractivity contribution in [1.29, 1.82) is 0 Å². The van der Waals surface area contributed by atoms with E-state index in [4.69, 9.17) is 27.9 Å². The number of carboxylic acid groups (broad SMARTS) is 2. The Morgan fingerprint density at radius 3 is 2.15 bits per heavy atom. The quantitative estimate of drug-likeness (QED) is 0.255. The van der Waals surface area contributed by atoms with Crippen LogP contribution in [0.15, 0.2) is 48.5 Å². The molecule has 0 aliphatic rings. The van der Waals surface area contributed by atoms with E-state index in [1.807, 2.05) is 19.0 Å². The van der Waals surface area contributed by atoms with Crippen molar-refractivity contribution in [2.75, 3.05) is 26.0 Å². The van der Waals surface area contributed by atoms with Crippen LogP contribution in [0, 0.1) is 0 Å². The first-order valence-electron chi connectivity index (χ1n) is 11.4. The van der Waals surface area contributed by atoms with E-state index >= 15 is 0 Å². The minimum Gasteiger partial charge on any atom is -0.507 e. The third-order valence-corrected chi connectivity index (χ3v) is 6.05. The Balaban J connectivity index is 2.10. The molecule has 0 fully saturated rings. The first-order valence-corrected chi connectivity index (χ1v) is 12.1. The van der Waals surface area contributed by atoms with Gasteiger partial charge in [0.2, 0.25) is 0 Å². The number of carboxylic acids is 2. The van der Waals surface area contributed by atoms with Crippen LogP contribution < -0.4 is 5.32 Å². The highest BCUT2D eigenvalue weighted by Crippen LogP contribution is 2.34. The number of likely N-dealkylation sites (N-methyl/N-ethyl adjacent to an activating group) is 1. The van der Waals surface area contributed by atoms with Crippen LogP contribution >= 0.6 is 23.2 Å². The lowest BCUT2D eigenvalue weighted by atomic mass is 10.00. The molecule has 4 N–H and O–H groups in total. The molecule has 0 radical (unpaired) electrons. The fraction of sp³-hybridized carbons (Fsp3) is 0.185. The summed E-state index contributed by atoms with van der Waals surface area (Å²) < 4.78 is 5.51. The van der Waals surface area contributed by atoms with Crippen LogP contribution in [-0.4, -0.2) is 70.8 Å². The Labute approximate surface area is 233 Å². The molecule has 12 heteroatoms. The number of carbonyl (C=O) groups is 4. The topological polar surface area (TPSA) is 153 Å². The van der Waals surface area contributed by atoms with Crippen molar-refractivity contribution in [3.63, 3.8) is 0 Å². The third kappa shape index (κ3) is 7.05. The fourth-order valence-corrected chi connectivity index (χ4v) is 4.35. The number of ether oxygens (including phenoxy) is 1. The van der Waals surface area contributed by atoms with Crippen molar-refractivity contribution < 1.29 is 39.2 Å². The Hall–Kier alpha value is -4.12. The number of carbonyl (C=O) groups excluding carboxylic acids is 2. The summed E-state index contributed by atoms with van der Waals surface area (Å²) in [7, 11) is 3.62. The molecule has 0 spiro atoms. The summed E-state index contributed by atoms with van der Waals surface area (Å²) >= 11 is 12.3. The predicted octanol–water partition coefficient (Wildman–Crippen LogP) is 5.12. The molecule has 1 unspecified atom stereocenters. The van der Waals surface area contributed by atoms with Gasteiger partial charge in [-0.2, -0.15) is 0 Å². The summed E-state index contributed by atoms with van der Waals surface area (Å²) in [6.07, 6.45) is -0.499. The number of hydrogen-bond donors (Lipinski definition) is 4. The van der Waals surface area contributed by atoms with Gasteiger partial charge in [-0.05, 0) is 63.0 Å². The monoisotopic (exact) mass is 574 g/mol. The molecule has 0 heterocycles. The number of esters is 1. The second kappa shape index (κ2) is 12.2. The zero-order valence-corrected chi connectivity index (χ0v) is 22.5. The maximum Gasteiger partial charge on any atom is 0.340 e. The van der Waals surface area contributed by atoms with E-state index in [2.05, 4.69) is 5.32 Å². The van der Waals surface area contributed by atoms with Gasteiger partial charge in [0.05, 0.1) is 22.4 Å². The summed E-state index contributed by atoms with van der Waals surface area (Å²) in [6, 6.07) is 10.7. The number of phenols is 1. The molecular weight excluding hydrogens is 551 g/mol. The number of rotatable bonds is 9. The Bertz CT molecular complexity index is 1470. The van der Waals surface area contributed by atoms with Crippen LogP contribution in [0.5, 0.6) is 5.75 Å². The molecule has 0 aliphatic carbocycles. The van der Waals surface area contributed by atoms with Gasteiger partial charge in [-0.25, -0.2) is 14.4 Å². The number of hydrogen-bond acceptors (Lipinski definition) is 7. The first kappa shape index (κ1) is 29.4. The van der Waals surface area contributed by atoms with Crippen molar-refractivity contribution in [3.8, 4) is 16.9 Å².